The number of rotatable bonds is 0. The molecular formula is C6H11ClO. The third kappa shape index (κ3) is 1.15. The molecule has 0 aromatic rings. The molecule has 0 aromatic heterocycles. The van der Waals surface area contributed by atoms with Crippen molar-refractivity contribution in [1.29, 1.82) is 0 Å². The summed E-state index contributed by atoms with van der Waals surface area (Å²) in [5.41, 5.74) is -0.0278. The molecule has 0 aromatic carbocycles. The topological polar surface area (TPSA) is 9.23 Å². The number of halogens is 1. The second-order valence-electron chi connectivity index (χ2n) is 2.46. The molecular weight excluding hydrogens is 124 g/mol. The van der Waals surface area contributed by atoms with Crippen molar-refractivity contribution in [2.75, 3.05) is 0 Å². The fraction of sp³-hybridized carbons (Fsp3) is 1.00. The fourth-order valence-electron chi connectivity index (χ4n) is 0.907. The van der Waals surface area contributed by atoms with Crippen LogP contribution in [0.15, 0.2) is 0 Å². The van der Waals surface area contributed by atoms with Crippen molar-refractivity contribution in [3.8, 4) is 0 Å². The Hall–Kier alpha value is 0.250. The molecule has 0 radical (unpaired) electrons. The molecule has 1 heterocycles. The molecule has 0 spiro atoms. The number of alkyl halides is 1. The Morgan fingerprint density at radius 1 is 1.50 bits per heavy atom. The average molecular weight is 135 g/mol. The summed E-state index contributed by atoms with van der Waals surface area (Å²) in [6.07, 6.45) is 1.36. The summed E-state index contributed by atoms with van der Waals surface area (Å²) >= 11 is 5.68. The third-order valence-electron chi connectivity index (χ3n) is 1.72. The summed E-state index contributed by atoms with van der Waals surface area (Å²) in [5, 5.41) is 0. The molecule has 1 aliphatic rings. The Labute approximate surface area is 55.0 Å². The van der Waals surface area contributed by atoms with E-state index in [1.165, 1.54) is 0 Å². The van der Waals surface area contributed by atoms with Crippen LogP contribution >= 0.6 is 11.6 Å². The summed E-state index contributed by atoms with van der Waals surface area (Å²) in [7, 11) is 0. The zero-order chi connectivity index (χ0) is 6.15. The van der Waals surface area contributed by atoms with Crippen molar-refractivity contribution in [2.45, 2.75) is 31.9 Å². The molecule has 0 saturated carbocycles. The first kappa shape index (κ1) is 6.37. The van der Waals surface area contributed by atoms with Crippen LogP contribution in [0.5, 0.6) is 0 Å². The molecule has 2 heteroatoms. The summed E-state index contributed by atoms with van der Waals surface area (Å²) in [6, 6.07) is 0. The van der Waals surface area contributed by atoms with E-state index in [4.69, 9.17) is 16.3 Å². The summed E-state index contributed by atoms with van der Waals surface area (Å²) < 4.78 is 5.24. The number of ether oxygens (including phenoxy) is 1. The van der Waals surface area contributed by atoms with Crippen molar-refractivity contribution in [1.82, 2.24) is 0 Å². The van der Waals surface area contributed by atoms with E-state index in [-0.39, 0.29) is 5.56 Å². The smallest absolute Gasteiger partial charge is 0.131 e. The van der Waals surface area contributed by atoms with Gasteiger partial charge in [0.15, 0.2) is 0 Å². The van der Waals surface area contributed by atoms with Gasteiger partial charge in [-0.05, 0) is 19.3 Å². The zero-order valence-corrected chi connectivity index (χ0v) is 5.98. The maximum atomic E-state index is 5.68. The summed E-state index contributed by atoms with van der Waals surface area (Å²) in [6.45, 7) is 4.22. The Morgan fingerprint density at radius 2 is 2.12 bits per heavy atom. The number of hydrogen-bond donors (Lipinski definition) is 0. The van der Waals surface area contributed by atoms with Gasteiger partial charge in [0, 0.05) is 0 Å². The molecule has 0 N–H and O–H groups in total. The molecule has 0 aliphatic carbocycles. The summed E-state index contributed by atoms with van der Waals surface area (Å²) in [4.78, 5) is 0. The quantitative estimate of drug-likeness (QED) is 0.461. The van der Waals surface area contributed by atoms with Gasteiger partial charge in [-0.25, -0.2) is 0 Å². The highest BCUT2D eigenvalue weighted by atomic mass is 35.5. The van der Waals surface area contributed by atoms with E-state index in [0.717, 1.165) is 6.42 Å². The second-order valence-corrected chi connectivity index (χ2v) is 2.95. The Morgan fingerprint density at radius 3 is 2.25 bits per heavy atom. The van der Waals surface area contributed by atoms with Crippen LogP contribution in [0, 0.1) is 5.92 Å². The van der Waals surface area contributed by atoms with E-state index >= 15 is 0 Å². The summed E-state index contributed by atoms with van der Waals surface area (Å²) in [5.74, 6) is 0.637. The Bertz CT molecular complexity index is 74.6. The minimum atomic E-state index is -0.0278. The van der Waals surface area contributed by atoms with Gasteiger partial charge in [-0.1, -0.05) is 18.5 Å². The largest absolute Gasteiger partial charge is 0.359 e. The van der Waals surface area contributed by atoms with Crippen molar-refractivity contribution in [2.24, 2.45) is 5.92 Å². The van der Waals surface area contributed by atoms with Gasteiger partial charge in [-0.3, -0.25) is 0 Å². The zero-order valence-electron chi connectivity index (χ0n) is 5.23. The average Bonchev–Trinajstić information content (AvgIpc) is 1.85. The lowest BCUT2D eigenvalue weighted by atomic mass is 10.1. The van der Waals surface area contributed by atoms with E-state index < -0.39 is 0 Å². The Kier molecular flexibility index (Phi) is 1.78. The van der Waals surface area contributed by atoms with Crippen LogP contribution in [-0.4, -0.2) is 11.7 Å². The van der Waals surface area contributed by atoms with Gasteiger partial charge < -0.3 is 4.74 Å². The molecule has 3 atom stereocenters. The van der Waals surface area contributed by atoms with Crippen LogP contribution in [0.4, 0.5) is 0 Å². The molecule has 0 amide bonds. The standard InChI is InChI=1S/C6H11ClO/c1-4-3-6(7)8-5(4)2/h4-6H,3H2,1-2H3/t4-,5-,6+/m0/s1. The molecule has 8 heavy (non-hydrogen) atoms. The third-order valence-corrected chi connectivity index (χ3v) is 2.00. The lowest BCUT2D eigenvalue weighted by molar-refractivity contribution is 0.0887. The van der Waals surface area contributed by atoms with Gasteiger partial charge in [0.05, 0.1) is 6.10 Å². The van der Waals surface area contributed by atoms with Crippen LogP contribution in [0.25, 0.3) is 0 Å². The first-order valence-electron chi connectivity index (χ1n) is 2.99. The van der Waals surface area contributed by atoms with E-state index in [1.807, 2.05) is 0 Å². The highest BCUT2D eigenvalue weighted by Crippen LogP contribution is 2.27. The lowest BCUT2D eigenvalue weighted by Crippen LogP contribution is -2.06. The Balaban J connectivity index is 2.39. The minimum absolute atomic E-state index is 0.0278. The number of hydrogen-bond acceptors (Lipinski definition) is 1. The monoisotopic (exact) mass is 134 g/mol. The van der Waals surface area contributed by atoms with E-state index in [2.05, 4.69) is 13.8 Å². The molecule has 1 fully saturated rings. The first-order chi connectivity index (χ1) is 3.70. The second kappa shape index (κ2) is 2.24. The molecule has 48 valence electrons. The molecule has 1 rings (SSSR count). The van der Waals surface area contributed by atoms with Gasteiger partial charge in [0.1, 0.15) is 5.56 Å². The van der Waals surface area contributed by atoms with E-state index in [1.54, 1.807) is 0 Å². The lowest BCUT2D eigenvalue weighted by Gasteiger charge is -2.04. The predicted octanol–water partition coefficient (Wildman–Crippen LogP) is 2.00. The van der Waals surface area contributed by atoms with Crippen LogP contribution in [0.2, 0.25) is 0 Å². The van der Waals surface area contributed by atoms with E-state index in [0.29, 0.717) is 12.0 Å². The molecule has 1 nitrogen and oxygen atoms in total. The van der Waals surface area contributed by atoms with Gasteiger partial charge in [-0.15, -0.1) is 0 Å². The molecule has 0 bridgehead atoms. The SMILES string of the molecule is C[C@@H]1O[C@@H](Cl)C[C@@H]1C. The van der Waals surface area contributed by atoms with Crippen LogP contribution in [0.1, 0.15) is 20.3 Å². The van der Waals surface area contributed by atoms with E-state index in [9.17, 15) is 0 Å². The molecule has 0 unspecified atom stereocenters. The van der Waals surface area contributed by atoms with Crippen molar-refractivity contribution >= 4 is 11.6 Å². The highest BCUT2D eigenvalue weighted by molar-refractivity contribution is 6.19. The highest BCUT2D eigenvalue weighted by Gasteiger charge is 2.26. The van der Waals surface area contributed by atoms with Crippen molar-refractivity contribution < 1.29 is 4.74 Å². The maximum absolute atomic E-state index is 5.68. The van der Waals surface area contributed by atoms with Crippen molar-refractivity contribution in [3.63, 3.8) is 0 Å². The molecule has 1 saturated heterocycles. The van der Waals surface area contributed by atoms with Crippen molar-refractivity contribution in [3.05, 3.63) is 0 Å². The predicted molar refractivity (Wildman–Crippen MR) is 34.0 cm³/mol. The van der Waals surface area contributed by atoms with Crippen LogP contribution < -0.4 is 0 Å². The normalized spacial score (nSPS) is 47.6. The van der Waals surface area contributed by atoms with Gasteiger partial charge in [0.2, 0.25) is 0 Å². The van der Waals surface area contributed by atoms with Crippen LogP contribution in [-0.2, 0) is 4.74 Å². The van der Waals surface area contributed by atoms with Gasteiger partial charge >= 0.3 is 0 Å². The maximum Gasteiger partial charge on any atom is 0.131 e. The minimum Gasteiger partial charge on any atom is -0.359 e. The van der Waals surface area contributed by atoms with Gasteiger partial charge in [-0.2, -0.15) is 0 Å². The first-order valence-corrected chi connectivity index (χ1v) is 3.43. The van der Waals surface area contributed by atoms with Gasteiger partial charge in [0.25, 0.3) is 0 Å². The van der Waals surface area contributed by atoms with Crippen LogP contribution in [0.3, 0.4) is 0 Å². The molecule has 1 aliphatic heterocycles. The fourth-order valence-corrected chi connectivity index (χ4v) is 1.35.